The molecule has 1 aromatic heterocycles. The van der Waals surface area contributed by atoms with Crippen molar-refractivity contribution >= 4 is 11.9 Å². The van der Waals surface area contributed by atoms with Crippen LogP contribution in [-0.4, -0.2) is 43.6 Å². The predicted molar refractivity (Wildman–Crippen MR) is 81.1 cm³/mol. The molecule has 1 saturated heterocycles. The van der Waals surface area contributed by atoms with Gasteiger partial charge in [-0.05, 0) is 30.3 Å². The van der Waals surface area contributed by atoms with Crippen LogP contribution < -0.4 is 0 Å². The van der Waals surface area contributed by atoms with Crippen molar-refractivity contribution in [3.05, 3.63) is 59.5 Å². The van der Waals surface area contributed by atoms with Crippen LogP contribution in [0.1, 0.15) is 32.6 Å². The molecule has 23 heavy (non-hydrogen) atoms. The van der Waals surface area contributed by atoms with Crippen molar-refractivity contribution in [3.63, 3.8) is 0 Å². The van der Waals surface area contributed by atoms with Crippen LogP contribution in [0.4, 0.5) is 0 Å². The quantitative estimate of drug-likeness (QED) is 0.813. The number of ether oxygens (including phenoxy) is 2. The number of methoxy groups -OCH3 is 1. The second-order valence-corrected chi connectivity index (χ2v) is 5.20. The highest BCUT2D eigenvalue weighted by molar-refractivity contribution is 5.98. The maximum Gasteiger partial charge on any atom is 0.337 e. The maximum absolute atomic E-state index is 12.7. The minimum Gasteiger partial charge on any atom is -0.467 e. The standard InChI is InChI=1S/C17H17NO5/c1-21-17(20)13-5-2-4-12(10-13)16(19)18-7-9-23-15(11-18)14-6-3-8-22-14/h2-6,8,10,15H,7,9,11H2,1H3/t15-/m0/s1. The molecule has 0 radical (unpaired) electrons. The largest absolute Gasteiger partial charge is 0.467 e. The number of hydrogen-bond acceptors (Lipinski definition) is 5. The Morgan fingerprint density at radius 3 is 2.78 bits per heavy atom. The third-order valence-electron chi connectivity index (χ3n) is 3.74. The van der Waals surface area contributed by atoms with Gasteiger partial charge in [-0.15, -0.1) is 0 Å². The zero-order valence-corrected chi connectivity index (χ0v) is 12.7. The van der Waals surface area contributed by atoms with Crippen molar-refractivity contribution in [2.45, 2.75) is 6.10 Å². The van der Waals surface area contributed by atoms with Crippen LogP contribution in [0.5, 0.6) is 0 Å². The summed E-state index contributed by atoms with van der Waals surface area (Å²) >= 11 is 0. The first-order valence-electron chi connectivity index (χ1n) is 7.31. The van der Waals surface area contributed by atoms with Crippen LogP contribution in [0.15, 0.2) is 47.1 Å². The summed E-state index contributed by atoms with van der Waals surface area (Å²) in [5.41, 5.74) is 0.808. The number of carbonyl (C=O) groups is 2. The molecule has 6 nitrogen and oxygen atoms in total. The SMILES string of the molecule is COC(=O)c1cccc(C(=O)N2CCO[C@H](c3ccco3)C2)c1. The molecular weight excluding hydrogens is 298 g/mol. The van der Waals surface area contributed by atoms with E-state index in [9.17, 15) is 9.59 Å². The van der Waals surface area contributed by atoms with Gasteiger partial charge in [0.15, 0.2) is 0 Å². The topological polar surface area (TPSA) is 69.0 Å². The van der Waals surface area contributed by atoms with Crippen LogP contribution in [0.3, 0.4) is 0 Å². The molecule has 0 spiro atoms. The zero-order valence-electron chi connectivity index (χ0n) is 12.7. The lowest BCUT2D eigenvalue weighted by atomic mass is 10.1. The predicted octanol–water partition coefficient (Wildman–Crippen LogP) is 2.28. The Morgan fingerprint density at radius 1 is 1.22 bits per heavy atom. The molecule has 0 aliphatic carbocycles. The normalized spacial score (nSPS) is 17.8. The number of furan rings is 1. The van der Waals surface area contributed by atoms with E-state index in [2.05, 4.69) is 4.74 Å². The zero-order chi connectivity index (χ0) is 16.2. The highest BCUT2D eigenvalue weighted by Gasteiger charge is 2.27. The summed E-state index contributed by atoms with van der Waals surface area (Å²) in [5.74, 6) is 0.0940. The number of carbonyl (C=O) groups excluding carboxylic acids is 2. The second-order valence-electron chi connectivity index (χ2n) is 5.20. The van der Waals surface area contributed by atoms with Gasteiger partial charge in [-0.2, -0.15) is 0 Å². The summed E-state index contributed by atoms with van der Waals surface area (Å²) in [6.45, 7) is 1.35. The first kappa shape index (κ1) is 15.3. The van der Waals surface area contributed by atoms with E-state index in [0.29, 0.717) is 36.6 Å². The van der Waals surface area contributed by atoms with Gasteiger partial charge in [0.05, 0.1) is 32.1 Å². The van der Waals surface area contributed by atoms with Gasteiger partial charge in [0, 0.05) is 12.1 Å². The summed E-state index contributed by atoms with van der Waals surface area (Å²) in [4.78, 5) is 26.0. The molecule has 1 aliphatic heterocycles. The molecule has 1 aliphatic rings. The Bertz CT molecular complexity index is 695. The number of amides is 1. The van der Waals surface area contributed by atoms with Gasteiger partial charge >= 0.3 is 5.97 Å². The molecule has 0 bridgehead atoms. The smallest absolute Gasteiger partial charge is 0.337 e. The van der Waals surface area contributed by atoms with Crippen LogP contribution >= 0.6 is 0 Å². The molecule has 0 unspecified atom stereocenters. The van der Waals surface area contributed by atoms with Crippen molar-refractivity contribution in [2.75, 3.05) is 26.8 Å². The lowest BCUT2D eigenvalue weighted by Crippen LogP contribution is -2.42. The van der Waals surface area contributed by atoms with Crippen LogP contribution in [0.25, 0.3) is 0 Å². The highest BCUT2D eigenvalue weighted by atomic mass is 16.5. The Balaban J connectivity index is 1.76. The molecule has 1 fully saturated rings. The maximum atomic E-state index is 12.7. The van der Waals surface area contributed by atoms with Crippen LogP contribution in [0.2, 0.25) is 0 Å². The number of rotatable bonds is 3. The molecule has 0 N–H and O–H groups in total. The van der Waals surface area contributed by atoms with Gasteiger partial charge < -0.3 is 18.8 Å². The number of nitrogens with zero attached hydrogens (tertiary/aromatic N) is 1. The Labute approximate surface area is 133 Å². The summed E-state index contributed by atoms with van der Waals surface area (Å²) in [6, 6.07) is 10.1. The lowest BCUT2D eigenvalue weighted by Gasteiger charge is -2.32. The Kier molecular flexibility index (Phi) is 4.43. The average Bonchev–Trinajstić information content (AvgIpc) is 3.15. The third kappa shape index (κ3) is 3.27. The Hall–Kier alpha value is -2.60. The minimum atomic E-state index is -0.463. The number of hydrogen-bond donors (Lipinski definition) is 0. The van der Waals surface area contributed by atoms with E-state index in [-0.39, 0.29) is 12.0 Å². The average molecular weight is 315 g/mol. The van der Waals surface area contributed by atoms with Crippen molar-refractivity contribution in [1.29, 1.82) is 0 Å². The van der Waals surface area contributed by atoms with E-state index in [1.807, 2.05) is 6.07 Å². The molecule has 1 aromatic carbocycles. The molecule has 0 saturated carbocycles. The number of esters is 1. The number of morpholine rings is 1. The molecule has 2 aromatic rings. The first-order chi connectivity index (χ1) is 11.2. The van der Waals surface area contributed by atoms with E-state index in [1.165, 1.54) is 7.11 Å². The summed E-state index contributed by atoms with van der Waals surface area (Å²) in [6.07, 6.45) is 1.31. The van der Waals surface area contributed by atoms with Gasteiger partial charge in [0.25, 0.3) is 5.91 Å². The first-order valence-corrected chi connectivity index (χ1v) is 7.31. The molecule has 1 amide bonds. The van der Waals surface area contributed by atoms with Gasteiger partial charge in [-0.1, -0.05) is 6.07 Å². The van der Waals surface area contributed by atoms with Crippen LogP contribution in [-0.2, 0) is 9.47 Å². The van der Waals surface area contributed by atoms with E-state index in [1.54, 1.807) is 41.5 Å². The van der Waals surface area contributed by atoms with Crippen molar-refractivity contribution in [3.8, 4) is 0 Å². The van der Waals surface area contributed by atoms with E-state index < -0.39 is 5.97 Å². The van der Waals surface area contributed by atoms with E-state index >= 15 is 0 Å². The second kappa shape index (κ2) is 6.66. The molecule has 2 heterocycles. The fourth-order valence-corrected chi connectivity index (χ4v) is 2.56. The highest BCUT2D eigenvalue weighted by Crippen LogP contribution is 2.23. The molecule has 1 atom stereocenters. The van der Waals surface area contributed by atoms with Gasteiger partial charge in [-0.25, -0.2) is 4.79 Å². The van der Waals surface area contributed by atoms with Crippen molar-refractivity contribution < 1.29 is 23.5 Å². The van der Waals surface area contributed by atoms with E-state index in [4.69, 9.17) is 9.15 Å². The Morgan fingerprint density at radius 2 is 2.04 bits per heavy atom. The monoisotopic (exact) mass is 315 g/mol. The molecular formula is C17H17NO5. The minimum absolute atomic E-state index is 0.143. The third-order valence-corrected chi connectivity index (χ3v) is 3.74. The lowest BCUT2D eigenvalue weighted by molar-refractivity contribution is -0.0321. The van der Waals surface area contributed by atoms with Crippen molar-refractivity contribution in [1.82, 2.24) is 4.90 Å². The van der Waals surface area contributed by atoms with Gasteiger partial charge in [-0.3, -0.25) is 4.79 Å². The van der Waals surface area contributed by atoms with Gasteiger partial charge in [0.2, 0.25) is 0 Å². The van der Waals surface area contributed by atoms with Crippen LogP contribution in [0, 0.1) is 0 Å². The molecule has 6 heteroatoms. The summed E-state index contributed by atoms with van der Waals surface area (Å²) < 4.78 is 15.7. The van der Waals surface area contributed by atoms with E-state index in [0.717, 1.165) is 0 Å². The fourth-order valence-electron chi connectivity index (χ4n) is 2.56. The molecule has 3 rings (SSSR count). The summed E-state index contributed by atoms with van der Waals surface area (Å²) in [7, 11) is 1.31. The van der Waals surface area contributed by atoms with Crippen molar-refractivity contribution in [2.24, 2.45) is 0 Å². The summed E-state index contributed by atoms with van der Waals surface area (Å²) in [5, 5.41) is 0. The number of benzene rings is 1. The molecule has 120 valence electrons. The fraction of sp³-hybridized carbons (Fsp3) is 0.294. The van der Waals surface area contributed by atoms with Gasteiger partial charge in [0.1, 0.15) is 11.9 Å².